The fraction of sp³-hybridized carbons (Fsp3) is 0.333. The lowest BCUT2D eigenvalue weighted by molar-refractivity contribution is -0.139. The molecule has 1 amide bonds. The van der Waals surface area contributed by atoms with Crippen LogP contribution in [0, 0.1) is 5.82 Å². The second-order valence-electron chi connectivity index (χ2n) is 7.28. The molecule has 1 aliphatic carbocycles. The Morgan fingerprint density at radius 1 is 1.03 bits per heavy atom. The molecule has 7 nitrogen and oxygen atoms in total. The van der Waals surface area contributed by atoms with Gasteiger partial charge in [0.25, 0.3) is 5.91 Å². The number of aliphatic imine (C=N–C) groups is 1. The fourth-order valence-electron chi connectivity index (χ4n) is 3.41. The fourth-order valence-corrected chi connectivity index (χ4v) is 3.41. The van der Waals surface area contributed by atoms with Gasteiger partial charge < -0.3 is 14.9 Å². The first-order valence-electron chi connectivity index (χ1n) is 9.53. The lowest BCUT2D eigenvalue weighted by Crippen LogP contribution is -2.51. The molecule has 8 heteroatoms. The number of hydrogen-bond donors (Lipinski definition) is 1. The molecular formula is C21H21FN4O3. The molecule has 2 fully saturated rings. The molecule has 29 heavy (non-hydrogen) atoms. The Bertz CT molecular complexity index is 951. The summed E-state index contributed by atoms with van der Waals surface area (Å²) in [6.45, 7) is 1.85. The number of rotatable bonds is 4. The molecule has 4 rings (SSSR count). The Morgan fingerprint density at radius 3 is 2.34 bits per heavy atom. The molecule has 150 valence electrons. The number of aromatic nitrogens is 1. The summed E-state index contributed by atoms with van der Waals surface area (Å²) in [7, 11) is 0. The molecule has 1 N–H and O–H groups in total. The highest BCUT2D eigenvalue weighted by Crippen LogP contribution is 2.40. The maximum Gasteiger partial charge on any atom is 0.331 e. The Kier molecular flexibility index (Phi) is 5.00. The highest BCUT2D eigenvalue weighted by atomic mass is 19.1. The van der Waals surface area contributed by atoms with Crippen molar-refractivity contribution in [3.05, 3.63) is 65.7 Å². The predicted molar refractivity (Wildman–Crippen MR) is 104 cm³/mol. The van der Waals surface area contributed by atoms with E-state index in [1.54, 1.807) is 29.3 Å². The van der Waals surface area contributed by atoms with Gasteiger partial charge >= 0.3 is 5.97 Å². The van der Waals surface area contributed by atoms with Gasteiger partial charge in [-0.05, 0) is 43.2 Å². The van der Waals surface area contributed by atoms with Crippen molar-refractivity contribution in [2.75, 3.05) is 26.2 Å². The van der Waals surface area contributed by atoms with Crippen LogP contribution in [0.5, 0.6) is 0 Å². The second-order valence-corrected chi connectivity index (χ2v) is 7.28. The van der Waals surface area contributed by atoms with Crippen molar-refractivity contribution in [1.29, 1.82) is 0 Å². The van der Waals surface area contributed by atoms with Gasteiger partial charge in [-0.15, -0.1) is 0 Å². The van der Waals surface area contributed by atoms with Crippen LogP contribution in [0.4, 0.5) is 4.39 Å². The summed E-state index contributed by atoms with van der Waals surface area (Å²) < 4.78 is 13.4. The van der Waals surface area contributed by atoms with Crippen molar-refractivity contribution in [2.24, 2.45) is 4.99 Å². The second kappa shape index (κ2) is 7.62. The normalized spacial score (nSPS) is 18.4. The van der Waals surface area contributed by atoms with Crippen molar-refractivity contribution in [3.8, 4) is 0 Å². The number of carbonyl (C=O) groups excluding carboxylic acids is 1. The number of amidine groups is 1. The SMILES string of the molecule is O=C(c1cccc(F)c1)N1CCN(/C(=N/C2(C(=O)O)CC2)c2ccccn2)CC1. The standard InChI is InChI=1S/C21H21FN4O3/c22-16-5-3-4-15(14-16)19(27)26-12-10-25(11-13-26)18(17-6-1-2-9-23-17)24-21(7-8-21)20(28)29/h1-6,9,14H,7-8,10-13H2,(H,28,29)/b24-18+. The number of benzene rings is 1. The molecule has 0 atom stereocenters. The van der Waals surface area contributed by atoms with E-state index in [9.17, 15) is 19.1 Å². The van der Waals surface area contributed by atoms with Crippen molar-refractivity contribution in [3.63, 3.8) is 0 Å². The van der Waals surface area contributed by atoms with E-state index in [1.165, 1.54) is 18.2 Å². The maximum absolute atomic E-state index is 13.4. The maximum atomic E-state index is 13.4. The highest BCUT2D eigenvalue weighted by molar-refractivity contribution is 6.00. The minimum absolute atomic E-state index is 0.218. The van der Waals surface area contributed by atoms with E-state index in [0.29, 0.717) is 56.1 Å². The van der Waals surface area contributed by atoms with E-state index in [2.05, 4.69) is 9.98 Å². The molecular weight excluding hydrogens is 375 g/mol. The van der Waals surface area contributed by atoms with Gasteiger partial charge in [0.1, 0.15) is 11.5 Å². The lowest BCUT2D eigenvalue weighted by atomic mass is 10.1. The molecule has 2 aromatic rings. The predicted octanol–water partition coefficient (Wildman–Crippen LogP) is 2.04. The number of carboxylic acid groups (broad SMARTS) is 1. The van der Waals surface area contributed by atoms with Gasteiger partial charge in [0, 0.05) is 37.9 Å². The quantitative estimate of drug-likeness (QED) is 0.631. The zero-order valence-electron chi connectivity index (χ0n) is 15.8. The van der Waals surface area contributed by atoms with Gasteiger partial charge in [-0.1, -0.05) is 12.1 Å². The van der Waals surface area contributed by atoms with Crippen LogP contribution in [0.25, 0.3) is 0 Å². The third-order valence-corrected chi connectivity index (χ3v) is 5.27. The van der Waals surface area contributed by atoms with Crippen molar-refractivity contribution >= 4 is 17.7 Å². The van der Waals surface area contributed by atoms with Crippen LogP contribution in [0.2, 0.25) is 0 Å². The zero-order chi connectivity index (χ0) is 20.4. The lowest BCUT2D eigenvalue weighted by Gasteiger charge is -2.36. The number of hydrogen-bond acceptors (Lipinski definition) is 4. The molecule has 1 aromatic heterocycles. The molecule has 0 spiro atoms. The summed E-state index contributed by atoms with van der Waals surface area (Å²) in [6.07, 6.45) is 2.67. The summed E-state index contributed by atoms with van der Waals surface area (Å²) in [6, 6.07) is 11.1. The molecule has 0 bridgehead atoms. The number of piperazine rings is 1. The number of halogens is 1. The first kappa shape index (κ1) is 19.0. The molecule has 1 aliphatic heterocycles. The summed E-state index contributed by atoms with van der Waals surface area (Å²) in [4.78, 5) is 36.9. The summed E-state index contributed by atoms with van der Waals surface area (Å²) >= 11 is 0. The van der Waals surface area contributed by atoms with Gasteiger partial charge in [-0.3, -0.25) is 9.78 Å². The highest BCUT2D eigenvalue weighted by Gasteiger charge is 2.51. The molecule has 2 aliphatic rings. The van der Waals surface area contributed by atoms with E-state index in [-0.39, 0.29) is 5.91 Å². The monoisotopic (exact) mass is 396 g/mol. The van der Waals surface area contributed by atoms with Gasteiger partial charge in [0.05, 0.1) is 0 Å². The number of amides is 1. The van der Waals surface area contributed by atoms with Crippen LogP contribution >= 0.6 is 0 Å². The van der Waals surface area contributed by atoms with Crippen LogP contribution in [0.3, 0.4) is 0 Å². The average molecular weight is 396 g/mol. The number of carbonyl (C=O) groups is 2. The van der Waals surface area contributed by atoms with Crippen LogP contribution in [-0.2, 0) is 4.79 Å². The smallest absolute Gasteiger partial charge is 0.331 e. The molecule has 2 heterocycles. The average Bonchev–Trinajstić information content (AvgIpc) is 3.54. The molecule has 1 saturated heterocycles. The molecule has 0 radical (unpaired) electrons. The van der Waals surface area contributed by atoms with E-state index in [4.69, 9.17) is 0 Å². The molecule has 1 saturated carbocycles. The number of pyridine rings is 1. The number of nitrogens with zero attached hydrogens (tertiary/aromatic N) is 4. The summed E-state index contributed by atoms with van der Waals surface area (Å²) in [5.41, 5.74) is -0.133. The third kappa shape index (κ3) is 3.96. The van der Waals surface area contributed by atoms with Gasteiger partial charge in [0.15, 0.2) is 11.4 Å². The zero-order valence-corrected chi connectivity index (χ0v) is 15.8. The summed E-state index contributed by atoms with van der Waals surface area (Å²) in [5.74, 6) is -1.04. The van der Waals surface area contributed by atoms with Crippen LogP contribution < -0.4 is 0 Å². The first-order valence-corrected chi connectivity index (χ1v) is 9.53. The van der Waals surface area contributed by atoms with Crippen LogP contribution in [0.1, 0.15) is 28.9 Å². The Hall–Kier alpha value is -3.29. The van der Waals surface area contributed by atoms with Crippen LogP contribution in [-0.4, -0.2) is 69.3 Å². The topological polar surface area (TPSA) is 86.1 Å². The Morgan fingerprint density at radius 2 is 1.76 bits per heavy atom. The van der Waals surface area contributed by atoms with Crippen molar-refractivity contribution in [2.45, 2.75) is 18.4 Å². The van der Waals surface area contributed by atoms with E-state index in [1.807, 2.05) is 11.0 Å². The minimum atomic E-state index is -1.07. The minimum Gasteiger partial charge on any atom is -0.479 e. The van der Waals surface area contributed by atoms with Gasteiger partial charge in [-0.25, -0.2) is 14.2 Å². The van der Waals surface area contributed by atoms with Gasteiger partial charge in [0.2, 0.25) is 0 Å². The summed E-state index contributed by atoms with van der Waals surface area (Å²) in [5, 5.41) is 9.53. The molecule has 0 unspecified atom stereocenters. The Balaban J connectivity index is 1.52. The third-order valence-electron chi connectivity index (χ3n) is 5.27. The van der Waals surface area contributed by atoms with Crippen molar-refractivity contribution < 1.29 is 19.1 Å². The Labute approximate surface area is 167 Å². The van der Waals surface area contributed by atoms with E-state index >= 15 is 0 Å². The van der Waals surface area contributed by atoms with E-state index in [0.717, 1.165) is 0 Å². The molecule has 1 aromatic carbocycles. The van der Waals surface area contributed by atoms with Gasteiger partial charge in [-0.2, -0.15) is 0 Å². The first-order chi connectivity index (χ1) is 14.0. The van der Waals surface area contributed by atoms with E-state index < -0.39 is 17.3 Å². The van der Waals surface area contributed by atoms with Crippen LogP contribution in [0.15, 0.2) is 53.7 Å². The van der Waals surface area contributed by atoms with Crippen molar-refractivity contribution in [1.82, 2.24) is 14.8 Å². The number of carboxylic acids is 1. The largest absolute Gasteiger partial charge is 0.479 e. The number of aliphatic carboxylic acids is 1.